The molecule has 0 bridgehead atoms. The second kappa shape index (κ2) is 4.34. The number of rotatable bonds is 3. The first kappa shape index (κ1) is 10.0. The van der Waals surface area contributed by atoms with Gasteiger partial charge in [-0.25, -0.2) is 0 Å². The minimum atomic E-state index is 0.0882. The lowest BCUT2D eigenvalue weighted by Gasteiger charge is -2.31. The number of nitrogens with zero attached hydrogens (tertiary/aromatic N) is 1. The summed E-state index contributed by atoms with van der Waals surface area (Å²) < 4.78 is 5.43. The predicted molar refractivity (Wildman–Crippen MR) is 58.1 cm³/mol. The summed E-state index contributed by atoms with van der Waals surface area (Å²) in [5, 5.41) is 0. The summed E-state index contributed by atoms with van der Waals surface area (Å²) >= 11 is 0. The molecule has 1 aromatic carbocycles. The zero-order valence-corrected chi connectivity index (χ0v) is 8.90. The topological polar surface area (TPSA) is 29.5 Å². The zero-order chi connectivity index (χ0) is 10.7. The highest BCUT2D eigenvalue weighted by Gasteiger charge is 2.23. The lowest BCUT2D eigenvalue weighted by molar-refractivity contribution is 0.0647. The van der Waals surface area contributed by atoms with E-state index in [4.69, 9.17) is 4.74 Å². The van der Waals surface area contributed by atoms with E-state index >= 15 is 0 Å². The molecule has 1 heterocycles. The highest BCUT2D eigenvalue weighted by molar-refractivity contribution is 5.97. The predicted octanol–water partition coefficient (Wildman–Crippen LogP) is 1.93. The van der Waals surface area contributed by atoms with Gasteiger partial charge in [0.2, 0.25) is 0 Å². The molecular formula is C12H15NO2. The number of para-hydroxylation sites is 1. The fourth-order valence-corrected chi connectivity index (χ4v) is 1.61. The highest BCUT2D eigenvalue weighted by atomic mass is 16.5. The number of hydrogen-bond acceptors (Lipinski definition) is 2. The Bertz CT molecular complexity index is 358. The number of likely N-dealkylation sites (tertiary alicyclic amines) is 1. The maximum Gasteiger partial charge on any atom is 0.257 e. The van der Waals surface area contributed by atoms with E-state index < -0.39 is 0 Å². The molecule has 0 unspecified atom stereocenters. The van der Waals surface area contributed by atoms with Crippen molar-refractivity contribution in [1.29, 1.82) is 0 Å². The monoisotopic (exact) mass is 205 g/mol. The van der Waals surface area contributed by atoms with Gasteiger partial charge in [-0.05, 0) is 25.5 Å². The Kier molecular flexibility index (Phi) is 2.90. The number of amides is 1. The van der Waals surface area contributed by atoms with E-state index in [1.165, 1.54) is 0 Å². The molecule has 1 fully saturated rings. The summed E-state index contributed by atoms with van der Waals surface area (Å²) in [5.41, 5.74) is 0.680. The van der Waals surface area contributed by atoms with Gasteiger partial charge in [-0.1, -0.05) is 12.1 Å². The van der Waals surface area contributed by atoms with E-state index in [0.717, 1.165) is 19.5 Å². The van der Waals surface area contributed by atoms with Crippen LogP contribution in [0.2, 0.25) is 0 Å². The van der Waals surface area contributed by atoms with Gasteiger partial charge in [0.05, 0.1) is 12.2 Å². The average molecular weight is 205 g/mol. The van der Waals surface area contributed by atoms with Crippen molar-refractivity contribution in [1.82, 2.24) is 4.90 Å². The first-order chi connectivity index (χ1) is 7.33. The molecule has 0 atom stereocenters. The third-order valence-electron chi connectivity index (χ3n) is 2.56. The van der Waals surface area contributed by atoms with Gasteiger partial charge in [-0.15, -0.1) is 0 Å². The highest BCUT2D eigenvalue weighted by Crippen LogP contribution is 2.21. The molecule has 0 saturated carbocycles. The number of ether oxygens (including phenoxy) is 1. The maximum atomic E-state index is 12.0. The van der Waals surface area contributed by atoms with E-state index in [1.54, 1.807) is 0 Å². The Hall–Kier alpha value is -1.51. The first-order valence-electron chi connectivity index (χ1n) is 5.34. The first-order valence-corrected chi connectivity index (χ1v) is 5.34. The minimum Gasteiger partial charge on any atom is -0.493 e. The second-order valence-corrected chi connectivity index (χ2v) is 3.57. The maximum absolute atomic E-state index is 12.0. The third-order valence-corrected chi connectivity index (χ3v) is 2.56. The molecule has 0 N–H and O–H groups in total. The fourth-order valence-electron chi connectivity index (χ4n) is 1.61. The van der Waals surface area contributed by atoms with Gasteiger partial charge in [-0.2, -0.15) is 0 Å². The third kappa shape index (κ3) is 1.96. The molecule has 15 heavy (non-hydrogen) atoms. The average Bonchev–Trinajstić information content (AvgIpc) is 2.16. The van der Waals surface area contributed by atoms with Gasteiger partial charge in [0.15, 0.2) is 0 Å². The molecule has 1 saturated heterocycles. The van der Waals surface area contributed by atoms with E-state index in [1.807, 2.05) is 36.1 Å². The van der Waals surface area contributed by atoms with Gasteiger partial charge in [0, 0.05) is 13.1 Å². The van der Waals surface area contributed by atoms with Crippen LogP contribution < -0.4 is 4.74 Å². The van der Waals surface area contributed by atoms with Crippen molar-refractivity contribution < 1.29 is 9.53 Å². The van der Waals surface area contributed by atoms with Crippen LogP contribution in [0.5, 0.6) is 5.75 Å². The van der Waals surface area contributed by atoms with E-state index in [2.05, 4.69) is 0 Å². The normalized spacial score (nSPS) is 14.6. The van der Waals surface area contributed by atoms with Crippen LogP contribution in [0.4, 0.5) is 0 Å². The SMILES string of the molecule is CCOc1ccccc1C(=O)N1CCC1. The Morgan fingerprint density at radius 2 is 2.13 bits per heavy atom. The van der Waals surface area contributed by atoms with E-state index in [-0.39, 0.29) is 5.91 Å². The standard InChI is InChI=1S/C12H15NO2/c1-2-15-11-7-4-3-6-10(11)12(14)13-8-5-9-13/h3-4,6-7H,2,5,8-9H2,1H3. The van der Waals surface area contributed by atoms with Crippen molar-refractivity contribution in [2.45, 2.75) is 13.3 Å². The summed E-state index contributed by atoms with van der Waals surface area (Å²) in [6.07, 6.45) is 1.11. The van der Waals surface area contributed by atoms with Crippen LogP contribution in [0.1, 0.15) is 23.7 Å². The Morgan fingerprint density at radius 1 is 1.40 bits per heavy atom. The molecule has 0 spiro atoms. The summed E-state index contributed by atoms with van der Waals surface area (Å²) in [7, 11) is 0. The van der Waals surface area contributed by atoms with Crippen LogP contribution in [0.25, 0.3) is 0 Å². The fraction of sp³-hybridized carbons (Fsp3) is 0.417. The van der Waals surface area contributed by atoms with Gasteiger partial charge in [-0.3, -0.25) is 4.79 Å². The van der Waals surface area contributed by atoms with Crippen molar-refractivity contribution in [3.05, 3.63) is 29.8 Å². The van der Waals surface area contributed by atoms with Crippen molar-refractivity contribution >= 4 is 5.91 Å². The van der Waals surface area contributed by atoms with Crippen LogP contribution >= 0.6 is 0 Å². The summed E-state index contributed by atoms with van der Waals surface area (Å²) in [6, 6.07) is 7.43. The summed E-state index contributed by atoms with van der Waals surface area (Å²) in [4.78, 5) is 13.8. The summed E-state index contributed by atoms with van der Waals surface area (Å²) in [6.45, 7) is 4.26. The number of hydrogen-bond donors (Lipinski definition) is 0. The Labute approximate surface area is 89.7 Å². The molecule has 1 aliphatic rings. The molecule has 2 rings (SSSR count). The largest absolute Gasteiger partial charge is 0.493 e. The quantitative estimate of drug-likeness (QED) is 0.754. The molecular weight excluding hydrogens is 190 g/mol. The Morgan fingerprint density at radius 3 is 2.73 bits per heavy atom. The minimum absolute atomic E-state index is 0.0882. The van der Waals surface area contributed by atoms with Crippen molar-refractivity contribution in [2.75, 3.05) is 19.7 Å². The molecule has 3 heteroatoms. The number of benzene rings is 1. The molecule has 1 amide bonds. The zero-order valence-electron chi connectivity index (χ0n) is 8.90. The summed E-state index contributed by atoms with van der Waals surface area (Å²) in [5.74, 6) is 0.780. The lowest BCUT2D eigenvalue weighted by Crippen LogP contribution is -2.42. The van der Waals surface area contributed by atoms with Crippen LogP contribution in [0.3, 0.4) is 0 Å². The molecule has 1 aliphatic heterocycles. The Balaban J connectivity index is 2.21. The molecule has 0 radical (unpaired) electrons. The molecule has 0 aliphatic carbocycles. The number of carbonyl (C=O) groups is 1. The molecule has 0 aromatic heterocycles. The number of carbonyl (C=O) groups excluding carboxylic acids is 1. The van der Waals surface area contributed by atoms with Crippen molar-refractivity contribution in [3.8, 4) is 5.75 Å². The van der Waals surface area contributed by atoms with Gasteiger partial charge >= 0.3 is 0 Å². The van der Waals surface area contributed by atoms with Crippen LogP contribution in [-0.2, 0) is 0 Å². The molecule has 80 valence electrons. The molecule has 1 aromatic rings. The lowest BCUT2D eigenvalue weighted by atomic mass is 10.1. The smallest absolute Gasteiger partial charge is 0.257 e. The van der Waals surface area contributed by atoms with E-state index in [9.17, 15) is 4.79 Å². The van der Waals surface area contributed by atoms with Gasteiger partial charge < -0.3 is 9.64 Å². The van der Waals surface area contributed by atoms with Gasteiger partial charge in [0.1, 0.15) is 5.75 Å². The molecule has 3 nitrogen and oxygen atoms in total. The van der Waals surface area contributed by atoms with E-state index in [0.29, 0.717) is 17.9 Å². The van der Waals surface area contributed by atoms with Gasteiger partial charge in [0.25, 0.3) is 5.91 Å². The van der Waals surface area contributed by atoms with Crippen molar-refractivity contribution in [2.24, 2.45) is 0 Å². The van der Waals surface area contributed by atoms with Crippen LogP contribution in [0.15, 0.2) is 24.3 Å². The van der Waals surface area contributed by atoms with Crippen LogP contribution in [0, 0.1) is 0 Å². The second-order valence-electron chi connectivity index (χ2n) is 3.57. The van der Waals surface area contributed by atoms with Crippen molar-refractivity contribution in [3.63, 3.8) is 0 Å². The van der Waals surface area contributed by atoms with Crippen LogP contribution in [-0.4, -0.2) is 30.5 Å².